The molecule has 1 amide bonds. The maximum atomic E-state index is 12.7. The van der Waals surface area contributed by atoms with E-state index in [4.69, 9.17) is 18.9 Å². The van der Waals surface area contributed by atoms with Crippen molar-refractivity contribution < 1.29 is 23.7 Å². The first-order valence-corrected chi connectivity index (χ1v) is 12.0. The highest BCUT2D eigenvalue weighted by atomic mass is 16.5. The fourth-order valence-electron chi connectivity index (χ4n) is 3.89. The average molecular weight is 511 g/mol. The van der Waals surface area contributed by atoms with Crippen molar-refractivity contribution in [2.75, 3.05) is 21.3 Å². The number of benzene rings is 4. The van der Waals surface area contributed by atoms with Gasteiger partial charge in [-0.2, -0.15) is 0 Å². The summed E-state index contributed by atoms with van der Waals surface area (Å²) < 4.78 is 22.2. The summed E-state index contributed by atoms with van der Waals surface area (Å²) in [5.41, 5.74) is 10.2. The third kappa shape index (κ3) is 6.07. The number of methoxy groups -OCH3 is 3. The summed E-state index contributed by atoms with van der Waals surface area (Å²) in [6.45, 7) is 4.38. The average Bonchev–Trinajstić information content (AvgIpc) is 2.98. The van der Waals surface area contributed by atoms with E-state index in [0.717, 1.165) is 22.4 Å². The van der Waals surface area contributed by atoms with E-state index in [1.165, 1.54) is 21.3 Å². The van der Waals surface area contributed by atoms with E-state index in [0.29, 0.717) is 40.7 Å². The van der Waals surface area contributed by atoms with Crippen molar-refractivity contribution in [3.05, 3.63) is 114 Å². The Kier molecular flexibility index (Phi) is 8.51. The Hall–Kier alpha value is -4.91. The molecule has 0 atom stereocenters. The van der Waals surface area contributed by atoms with Crippen LogP contribution in [0.25, 0.3) is 16.8 Å². The SMILES string of the molecule is C=C(NNC(=O)c1ccc(COc2ccccc2-c2ccccc2)cc1)c1cc(OC)c(OC)c(OC)c1. The molecule has 0 aliphatic carbocycles. The number of amides is 1. The van der Waals surface area contributed by atoms with Crippen LogP contribution in [-0.4, -0.2) is 27.2 Å². The van der Waals surface area contributed by atoms with Gasteiger partial charge in [0.25, 0.3) is 5.91 Å². The molecule has 4 aromatic carbocycles. The van der Waals surface area contributed by atoms with E-state index in [1.807, 2.05) is 54.6 Å². The Morgan fingerprint density at radius 3 is 1.97 bits per heavy atom. The van der Waals surface area contributed by atoms with Crippen molar-refractivity contribution in [1.29, 1.82) is 0 Å². The highest BCUT2D eigenvalue weighted by Crippen LogP contribution is 2.39. The van der Waals surface area contributed by atoms with E-state index >= 15 is 0 Å². The summed E-state index contributed by atoms with van der Waals surface area (Å²) in [5.74, 6) is 1.94. The van der Waals surface area contributed by atoms with Crippen LogP contribution >= 0.6 is 0 Å². The molecule has 7 nitrogen and oxygen atoms in total. The van der Waals surface area contributed by atoms with E-state index in [9.17, 15) is 4.79 Å². The summed E-state index contributed by atoms with van der Waals surface area (Å²) in [5, 5.41) is 0. The molecule has 0 heterocycles. The zero-order valence-electron chi connectivity index (χ0n) is 21.6. The van der Waals surface area contributed by atoms with E-state index < -0.39 is 0 Å². The lowest BCUT2D eigenvalue weighted by Crippen LogP contribution is -2.35. The minimum absolute atomic E-state index is 0.305. The van der Waals surface area contributed by atoms with Gasteiger partial charge in [-0.25, -0.2) is 0 Å². The molecule has 0 fully saturated rings. The number of para-hydroxylation sites is 1. The van der Waals surface area contributed by atoms with Gasteiger partial charge >= 0.3 is 0 Å². The van der Waals surface area contributed by atoms with Gasteiger partial charge < -0.3 is 18.9 Å². The molecular weight excluding hydrogens is 480 g/mol. The number of nitrogens with one attached hydrogen (secondary N) is 2. The van der Waals surface area contributed by atoms with Gasteiger partial charge in [0.05, 0.1) is 27.0 Å². The lowest BCUT2D eigenvalue weighted by molar-refractivity contribution is 0.0942. The Morgan fingerprint density at radius 2 is 1.34 bits per heavy atom. The molecular formula is C31H30N2O5. The Balaban J connectivity index is 1.36. The first-order valence-electron chi connectivity index (χ1n) is 12.0. The number of carbonyl (C=O) groups excluding carboxylic acids is 1. The van der Waals surface area contributed by atoms with Crippen molar-refractivity contribution in [2.24, 2.45) is 0 Å². The molecule has 7 heteroatoms. The molecule has 2 N–H and O–H groups in total. The smallest absolute Gasteiger partial charge is 0.269 e. The molecule has 0 radical (unpaired) electrons. The number of rotatable bonds is 11. The van der Waals surface area contributed by atoms with E-state index in [-0.39, 0.29) is 5.91 Å². The van der Waals surface area contributed by atoms with Crippen LogP contribution in [0, 0.1) is 0 Å². The van der Waals surface area contributed by atoms with Crippen LogP contribution in [0.2, 0.25) is 0 Å². The number of ether oxygens (including phenoxy) is 4. The van der Waals surface area contributed by atoms with Crippen LogP contribution in [0.1, 0.15) is 21.5 Å². The second-order valence-electron chi connectivity index (χ2n) is 8.32. The molecule has 4 rings (SSSR count). The largest absolute Gasteiger partial charge is 0.493 e. The predicted molar refractivity (Wildman–Crippen MR) is 148 cm³/mol. The first kappa shape index (κ1) is 26.2. The molecule has 4 aromatic rings. The molecule has 0 aliphatic rings. The normalized spacial score (nSPS) is 10.3. The molecule has 0 saturated heterocycles. The van der Waals surface area contributed by atoms with E-state index in [2.05, 4.69) is 29.6 Å². The van der Waals surface area contributed by atoms with Gasteiger partial charge in [-0.1, -0.05) is 67.2 Å². The van der Waals surface area contributed by atoms with Crippen LogP contribution in [0.4, 0.5) is 0 Å². The summed E-state index contributed by atoms with van der Waals surface area (Å²) in [4.78, 5) is 12.7. The molecule has 0 saturated carbocycles. The van der Waals surface area contributed by atoms with Gasteiger partial charge in [0.2, 0.25) is 5.75 Å². The zero-order valence-corrected chi connectivity index (χ0v) is 21.6. The summed E-state index contributed by atoms with van der Waals surface area (Å²) in [7, 11) is 4.61. The third-order valence-corrected chi connectivity index (χ3v) is 5.92. The molecule has 0 spiro atoms. The predicted octanol–water partition coefficient (Wildman–Crippen LogP) is 5.86. The van der Waals surface area contributed by atoms with Gasteiger partial charge in [-0.05, 0) is 41.5 Å². The molecule has 194 valence electrons. The van der Waals surface area contributed by atoms with Crippen molar-refractivity contribution in [2.45, 2.75) is 6.61 Å². The summed E-state index contributed by atoms with van der Waals surface area (Å²) >= 11 is 0. The Labute approximate surface area is 222 Å². The standard InChI is InChI=1S/C31H30N2O5/c1-21(25-18-28(35-2)30(37-4)29(19-25)36-3)32-33-31(34)24-16-14-22(15-17-24)20-38-27-13-9-8-12-26(27)23-10-6-5-7-11-23/h5-19,32H,1,20H2,2-4H3,(H,33,34). The van der Waals surface area contributed by atoms with Crippen LogP contribution in [0.15, 0.2) is 97.6 Å². The summed E-state index contributed by atoms with van der Waals surface area (Å²) in [6.07, 6.45) is 0. The molecule has 0 unspecified atom stereocenters. The first-order chi connectivity index (χ1) is 18.5. The maximum Gasteiger partial charge on any atom is 0.269 e. The summed E-state index contributed by atoms with van der Waals surface area (Å²) in [6, 6.07) is 28.8. The maximum absolute atomic E-state index is 12.7. The van der Waals surface area contributed by atoms with Gasteiger partial charge in [-0.15, -0.1) is 0 Å². The quantitative estimate of drug-likeness (QED) is 0.246. The molecule has 38 heavy (non-hydrogen) atoms. The fourth-order valence-corrected chi connectivity index (χ4v) is 3.89. The number of carbonyl (C=O) groups is 1. The molecule has 0 aromatic heterocycles. The number of hydrogen-bond donors (Lipinski definition) is 2. The minimum Gasteiger partial charge on any atom is -0.493 e. The monoisotopic (exact) mass is 510 g/mol. The topological polar surface area (TPSA) is 78.1 Å². The lowest BCUT2D eigenvalue weighted by Gasteiger charge is -2.16. The van der Waals surface area contributed by atoms with Crippen molar-refractivity contribution in [3.63, 3.8) is 0 Å². The highest BCUT2D eigenvalue weighted by Gasteiger charge is 2.15. The third-order valence-electron chi connectivity index (χ3n) is 5.92. The van der Waals surface area contributed by atoms with Crippen LogP contribution < -0.4 is 29.8 Å². The fraction of sp³-hybridized carbons (Fsp3) is 0.129. The number of hydrogen-bond acceptors (Lipinski definition) is 6. The van der Waals surface area contributed by atoms with Crippen LogP contribution in [0.5, 0.6) is 23.0 Å². The van der Waals surface area contributed by atoms with Crippen molar-refractivity contribution in [3.8, 4) is 34.1 Å². The van der Waals surface area contributed by atoms with Crippen LogP contribution in [-0.2, 0) is 6.61 Å². The van der Waals surface area contributed by atoms with E-state index in [1.54, 1.807) is 24.3 Å². The highest BCUT2D eigenvalue weighted by molar-refractivity contribution is 5.94. The van der Waals surface area contributed by atoms with Gasteiger partial charge in [0.1, 0.15) is 12.4 Å². The molecule has 0 aliphatic heterocycles. The van der Waals surface area contributed by atoms with Crippen LogP contribution in [0.3, 0.4) is 0 Å². The second kappa shape index (κ2) is 12.4. The molecule has 0 bridgehead atoms. The number of hydrazine groups is 1. The second-order valence-corrected chi connectivity index (χ2v) is 8.32. The Morgan fingerprint density at radius 1 is 0.711 bits per heavy atom. The van der Waals surface area contributed by atoms with Gasteiger partial charge in [0.15, 0.2) is 11.5 Å². The van der Waals surface area contributed by atoms with Crippen molar-refractivity contribution >= 4 is 11.6 Å². The Bertz CT molecular complexity index is 1380. The van der Waals surface area contributed by atoms with Gasteiger partial charge in [0, 0.05) is 16.7 Å². The van der Waals surface area contributed by atoms with Crippen molar-refractivity contribution in [1.82, 2.24) is 10.9 Å². The zero-order chi connectivity index (χ0) is 26.9. The van der Waals surface area contributed by atoms with Gasteiger partial charge in [-0.3, -0.25) is 15.6 Å². The lowest BCUT2D eigenvalue weighted by atomic mass is 10.0. The minimum atomic E-state index is -0.305.